The van der Waals surface area contributed by atoms with Gasteiger partial charge in [0.25, 0.3) is 5.56 Å². The number of carbonyl (C=O) groups is 2. The molecule has 2 amide bonds. The first-order valence-electron chi connectivity index (χ1n) is 7.87. The van der Waals surface area contributed by atoms with E-state index < -0.39 is 5.91 Å². The number of nitrogens with zero attached hydrogens (tertiary/aromatic N) is 3. The summed E-state index contributed by atoms with van der Waals surface area (Å²) in [6, 6.07) is 6.17. The van der Waals surface area contributed by atoms with Crippen molar-refractivity contribution in [2.75, 3.05) is 17.7 Å². The Labute approximate surface area is 156 Å². The summed E-state index contributed by atoms with van der Waals surface area (Å²) in [5.41, 5.74) is 6.01. The van der Waals surface area contributed by atoms with E-state index in [0.29, 0.717) is 22.3 Å². The number of aliphatic hydroxyl groups excluding tert-OH is 1. The Bertz CT molecular complexity index is 1040. The van der Waals surface area contributed by atoms with Gasteiger partial charge in [-0.1, -0.05) is 11.8 Å². The highest BCUT2D eigenvalue weighted by Gasteiger charge is 2.12. The molecule has 0 aliphatic heterocycles. The number of rotatable bonds is 7. The Balaban J connectivity index is 1.67. The molecule has 0 atom stereocenters. The molecule has 5 N–H and O–H groups in total. The van der Waals surface area contributed by atoms with Gasteiger partial charge in [0.1, 0.15) is 5.39 Å². The highest BCUT2D eigenvalue weighted by atomic mass is 32.2. The number of hydrogen-bond acceptors (Lipinski definition) is 7. The van der Waals surface area contributed by atoms with Crippen molar-refractivity contribution in [2.24, 2.45) is 5.73 Å². The predicted molar refractivity (Wildman–Crippen MR) is 99.5 cm³/mol. The zero-order valence-electron chi connectivity index (χ0n) is 14.0. The van der Waals surface area contributed by atoms with E-state index in [1.807, 2.05) is 0 Å². The first kappa shape index (κ1) is 18.6. The minimum atomic E-state index is -0.547. The van der Waals surface area contributed by atoms with Gasteiger partial charge in [0.2, 0.25) is 11.8 Å². The zero-order valence-corrected chi connectivity index (χ0v) is 14.8. The lowest BCUT2D eigenvalue weighted by Gasteiger charge is -2.06. The molecule has 3 aromatic rings. The number of fused-ring (bicyclic) bond motifs is 1. The second-order valence-electron chi connectivity index (χ2n) is 5.48. The van der Waals surface area contributed by atoms with Crippen molar-refractivity contribution in [3.8, 4) is 0 Å². The summed E-state index contributed by atoms with van der Waals surface area (Å²) < 4.78 is 1.43. The van der Waals surface area contributed by atoms with Crippen LogP contribution in [0.5, 0.6) is 0 Å². The summed E-state index contributed by atoms with van der Waals surface area (Å²) in [7, 11) is 0. The first-order valence-corrected chi connectivity index (χ1v) is 8.85. The molecule has 0 radical (unpaired) electrons. The monoisotopic (exact) mass is 388 g/mol. The van der Waals surface area contributed by atoms with E-state index in [4.69, 9.17) is 10.8 Å². The molecule has 140 valence electrons. The Morgan fingerprint density at radius 1 is 1.30 bits per heavy atom. The van der Waals surface area contributed by atoms with Gasteiger partial charge in [-0.15, -0.1) is 0 Å². The van der Waals surface area contributed by atoms with Crippen LogP contribution in [0, 0.1) is 0 Å². The van der Waals surface area contributed by atoms with Crippen molar-refractivity contribution in [3.05, 3.63) is 46.4 Å². The number of nitrogens with one attached hydrogen (secondary N) is 2. The van der Waals surface area contributed by atoms with Gasteiger partial charge in [-0.05, 0) is 24.3 Å². The van der Waals surface area contributed by atoms with Gasteiger partial charge in [-0.3, -0.25) is 14.4 Å². The standard InChI is InChI=1S/C16H16N6O4S/c17-13(25)9-1-3-10(4-2-9)19-12(24)8-27-16-20-14-11(15(26)21-16)7-18-22(14)5-6-23/h1-4,7,23H,5-6,8H2,(H2,17,25)(H,19,24)(H,20,21,26). The third-order valence-corrected chi connectivity index (χ3v) is 4.46. The lowest BCUT2D eigenvalue weighted by molar-refractivity contribution is -0.113. The van der Waals surface area contributed by atoms with Crippen LogP contribution >= 0.6 is 11.8 Å². The van der Waals surface area contributed by atoms with Gasteiger partial charge in [-0.25, -0.2) is 9.67 Å². The van der Waals surface area contributed by atoms with Crippen LogP contribution in [-0.4, -0.2) is 49.0 Å². The van der Waals surface area contributed by atoms with Crippen molar-refractivity contribution in [3.63, 3.8) is 0 Å². The summed E-state index contributed by atoms with van der Waals surface area (Å²) in [6.07, 6.45) is 1.38. The molecule has 2 heterocycles. The molecule has 0 aliphatic carbocycles. The van der Waals surface area contributed by atoms with Crippen LogP contribution in [0.4, 0.5) is 5.69 Å². The highest BCUT2D eigenvalue weighted by molar-refractivity contribution is 7.99. The smallest absolute Gasteiger partial charge is 0.262 e. The van der Waals surface area contributed by atoms with Crippen LogP contribution in [0.25, 0.3) is 11.0 Å². The number of aromatic nitrogens is 4. The maximum absolute atomic E-state index is 12.1. The molecule has 0 unspecified atom stereocenters. The second-order valence-corrected chi connectivity index (χ2v) is 6.44. The van der Waals surface area contributed by atoms with E-state index in [2.05, 4.69) is 20.4 Å². The first-order chi connectivity index (χ1) is 13.0. The number of carbonyl (C=O) groups excluding carboxylic acids is 2. The number of H-pyrrole nitrogens is 1. The molecule has 3 rings (SSSR count). The highest BCUT2D eigenvalue weighted by Crippen LogP contribution is 2.16. The van der Waals surface area contributed by atoms with Crippen molar-refractivity contribution in [1.29, 1.82) is 0 Å². The molecule has 27 heavy (non-hydrogen) atoms. The van der Waals surface area contributed by atoms with Crippen molar-refractivity contribution in [2.45, 2.75) is 11.7 Å². The minimum Gasteiger partial charge on any atom is -0.394 e. The average Bonchev–Trinajstić information content (AvgIpc) is 3.04. The molecule has 2 aromatic heterocycles. The van der Waals surface area contributed by atoms with Crippen molar-refractivity contribution in [1.82, 2.24) is 19.7 Å². The molecule has 0 fully saturated rings. The number of anilines is 1. The lowest BCUT2D eigenvalue weighted by atomic mass is 10.2. The average molecular weight is 388 g/mol. The summed E-state index contributed by atoms with van der Waals surface area (Å²) in [5, 5.41) is 16.3. The van der Waals surface area contributed by atoms with Gasteiger partial charge in [-0.2, -0.15) is 5.10 Å². The molecular weight excluding hydrogens is 372 g/mol. The number of amides is 2. The fourth-order valence-electron chi connectivity index (χ4n) is 2.32. The van der Waals surface area contributed by atoms with Crippen LogP contribution in [-0.2, 0) is 11.3 Å². The number of thioether (sulfide) groups is 1. The van der Waals surface area contributed by atoms with Crippen LogP contribution < -0.4 is 16.6 Å². The van der Waals surface area contributed by atoms with E-state index in [1.165, 1.54) is 23.0 Å². The van der Waals surface area contributed by atoms with Gasteiger partial charge in [0, 0.05) is 11.3 Å². The number of aliphatic hydroxyl groups is 1. The molecule has 0 aliphatic rings. The van der Waals surface area contributed by atoms with E-state index in [0.717, 1.165) is 11.8 Å². The fourth-order valence-corrected chi connectivity index (χ4v) is 2.98. The largest absolute Gasteiger partial charge is 0.394 e. The molecule has 0 saturated heterocycles. The molecular formula is C16H16N6O4S. The molecule has 11 heteroatoms. The predicted octanol–water partition coefficient (Wildman–Crippen LogP) is -0.0584. The Hall–Kier alpha value is -3.18. The third kappa shape index (κ3) is 4.33. The van der Waals surface area contributed by atoms with Crippen LogP contribution in [0.3, 0.4) is 0 Å². The molecule has 0 spiro atoms. The maximum Gasteiger partial charge on any atom is 0.262 e. The lowest BCUT2D eigenvalue weighted by Crippen LogP contribution is -2.16. The number of hydrogen-bond donors (Lipinski definition) is 4. The molecule has 0 bridgehead atoms. The normalized spacial score (nSPS) is 10.9. The number of aromatic amines is 1. The van der Waals surface area contributed by atoms with Crippen LogP contribution in [0.15, 0.2) is 40.4 Å². The molecule has 10 nitrogen and oxygen atoms in total. The minimum absolute atomic E-state index is 0.0140. The van der Waals surface area contributed by atoms with Crippen LogP contribution in [0.1, 0.15) is 10.4 Å². The molecule has 0 saturated carbocycles. The summed E-state index contributed by atoms with van der Waals surface area (Å²) in [5.74, 6) is -0.840. The zero-order chi connectivity index (χ0) is 19.4. The second kappa shape index (κ2) is 8.01. The Morgan fingerprint density at radius 2 is 2.04 bits per heavy atom. The van der Waals surface area contributed by atoms with E-state index in [9.17, 15) is 14.4 Å². The van der Waals surface area contributed by atoms with Crippen molar-refractivity contribution >= 4 is 40.3 Å². The Morgan fingerprint density at radius 3 is 2.70 bits per heavy atom. The number of primary amides is 1. The van der Waals surface area contributed by atoms with E-state index >= 15 is 0 Å². The third-order valence-electron chi connectivity index (χ3n) is 3.59. The summed E-state index contributed by atoms with van der Waals surface area (Å²) in [6.45, 7) is 0.0799. The number of nitrogens with two attached hydrogens (primary N) is 1. The maximum atomic E-state index is 12.1. The van der Waals surface area contributed by atoms with Crippen LogP contribution in [0.2, 0.25) is 0 Å². The Kier molecular flexibility index (Phi) is 5.52. The molecule has 1 aromatic carbocycles. The van der Waals surface area contributed by atoms with Gasteiger partial charge in [0.15, 0.2) is 10.8 Å². The van der Waals surface area contributed by atoms with E-state index in [-0.39, 0.29) is 35.5 Å². The quantitative estimate of drug-likeness (QED) is 0.326. The van der Waals surface area contributed by atoms with E-state index in [1.54, 1.807) is 12.1 Å². The number of benzene rings is 1. The van der Waals surface area contributed by atoms with Gasteiger partial charge in [0.05, 0.1) is 25.1 Å². The SMILES string of the molecule is NC(=O)c1ccc(NC(=O)CSc2nc3c(cnn3CCO)c(=O)[nH]2)cc1. The topological polar surface area (TPSA) is 156 Å². The van der Waals surface area contributed by atoms with Crippen molar-refractivity contribution < 1.29 is 14.7 Å². The summed E-state index contributed by atoms with van der Waals surface area (Å²) >= 11 is 1.06. The van der Waals surface area contributed by atoms with Gasteiger partial charge >= 0.3 is 0 Å². The van der Waals surface area contributed by atoms with Gasteiger partial charge < -0.3 is 21.1 Å². The fraction of sp³-hybridized carbons (Fsp3) is 0.188. The summed E-state index contributed by atoms with van der Waals surface area (Å²) in [4.78, 5) is 42.1.